The average molecular weight is 287 g/mol. The summed E-state index contributed by atoms with van der Waals surface area (Å²) in [5, 5.41) is 19.3. The van der Waals surface area contributed by atoms with Crippen molar-refractivity contribution in [3.8, 4) is 0 Å². The number of aromatic nitrogens is 2. The standard InChI is InChI=1S/C15H21N5O/c1-11-8-18-20(10-11)6-5-17-9-14-4-3-13(7-12(14)2)15(16)19-21/h3-4,7-8,10,17,21H,5-6,9H2,1-2H3,(H2,16,19). The summed E-state index contributed by atoms with van der Waals surface area (Å²) in [7, 11) is 0. The second-order valence-electron chi connectivity index (χ2n) is 5.08. The number of benzene rings is 1. The summed E-state index contributed by atoms with van der Waals surface area (Å²) >= 11 is 0. The third-order valence-electron chi connectivity index (χ3n) is 3.34. The summed E-state index contributed by atoms with van der Waals surface area (Å²) in [6.07, 6.45) is 3.88. The van der Waals surface area contributed by atoms with Crippen LogP contribution in [0.3, 0.4) is 0 Å². The van der Waals surface area contributed by atoms with E-state index in [1.54, 1.807) is 0 Å². The first-order chi connectivity index (χ1) is 10.1. The van der Waals surface area contributed by atoms with Crippen LogP contribution in [0.2, 0.25) is 0 Å². The van der Waals surface area contributed by atoms with Gasteiger partial charge in [-0.1, -0.05) is 17.3 Å². The van der Waals surface area contributed by atoms with E-state index in [0.29, 0.717) is 0 Å². The van der Waals surface area contributed by atoms with E-state index in [0.717, 1.165) is 30.8 Å². The van der Waals surface area contributed by atoms with Crippen LogP contribution in [0, 0.1) is 13.8 Å². The number of nitrogens with zero attached hydrogens (tertiary/aromatic N) is 3. The van der Waals surface area contributed by atoms with Gasteiger partial charge >= 0.3 is 0 Å². The van der Waals surface area contributed by atoms with Crippen molar-refractivity contribution < 1.29 is 5.21 Å². The topological polar surface area (TPSA) is 88.5 Å². The van der Waals surface area contributed by atoms with Crippen molar-refractivity contribution in [1.82, 2.24) is 15.1 Å². The molecule has 1 heterocycles. The Morgan fingerprint density at radius 2 is 2.24 bits per heavy atom. The van der Waals surface area contributed by atoms with Gasteiger partial charge in [-0.3, -0.25) is 4.68 Å². The average Bonchev–Trinajstić information content (AvgIpc) is 2.89. The lowest BCUT2D eigenvalue weighted by molar-refractivity contribution is 0.318. The molecular formula is C15H21N5O. The van der Waals surface area contributed by atoms with Crippen LogP contribution in [-0.2, 0) is 13.1 Å². The molecule has 0 unspecified atom stereocenters. The second-order valence-corrected chi connectivity index (χ2v) is 5.08. The molecule has 1 aromatic carbocycles. The second kappa shape index (κ2) is 6.90. The molecule has 0 saturated heterocycles. The van der Waals surface area contributed by atoms with Gasteiger partial charge in [-0.15, -0.1) is 0 Å². The molecule has 0 saturated carbocycles. The predicted octanol–water partition coefficient (Wildman–Crippen LogP) is 1.38. The van der Waals surface area contributed by atoms with E-state index in [1.807, 2.05) is 49.1 Å². The Balaban J connectivity index is 1.86. The maximum absolute atomic E-state index is 8.67. The summed E-state index contributed by atoms with van der Waals surface area (Å²) in [6, 6.07) is 5.77. The van der Waals surface area contributed by atoms with Gasteiger partial charge in [0.15, 0.2) is 5.84 Å². The minimum atomic E-state index is 0.131. The van der Waals surface area contributed by atoms with E-state index >= 15 is 0 Å². The third-order valence-corrected chi connectivity index (χ3v) is 3.34. The Morgan fingerprint density at radius 1 is 1.43 bits per heavy atom. The van der Waals surface area contributed by atoms with Gasteiger partial charge in [-0.2, -0.15) is 5.10 Å². The zero-order valence-corrected chi connectivity index (χ0v) is 12.4. The fourth-order valence-corrected chi connectivity index (χ4v) is 2.12. The van der Waals surface area contributed by atoms with Gasteiger partial charge in [0.05, 0.1) is 12.7 Å². The molecule has 0 aliphatic carbocycles. The molecule has 2 aromatic rings. The highest BCUT2D eigenvalue weighted by atomic mass is 16.4. The lowest BCUT2D eigenvalue weighted by Crippen LogP contribution is -2.20. The van der Waals surface area contributed by atoms with Crippen LogP contribution in [0.25, 0.3) is 0 Å². The first-order valence-corrected chi connectivity index (χ1v) is 6.87. The Hall–Kier alpha value is -2.34. The van der Waals surface area contributed by atoms with Crippen LogP contribution in [0.1, 0.15) is 22.3 Å². The van der Waals surface area contributed by atoms with Crippen molar-refractivity contribution in [3.63, 3.8) is 0 Å². The van der Waals surface area contributed by atoms with Crippen molar-refractivity contribution in [2.75, 3.05) is 6.54 Å². The van der Waals surface area contributed by atoms with Crippen molar-refractivity contribution in [2.45, 2.75) is 26.9 Å². The van der Waals surface area contributed by atoms with Crippen LogP contribution in [0.4, 0.5) is 0 Å². The first-order valence-electron chi connectivity index (χ1n) is 6.87. The van der Waals surface area contributed by atoms with Gasteiger partial charge in [-0.25, -0.2) is 0 Å². The molecule has 112 valence electrons. The number of hydrogen-bond acceptors (Lipinski definition) is 4. The molecule has 0 fully saturated rings. The highest BCUT2D eigenvalue weighted by Crippen LogP contribution is 2.11. The number of rotatable bonds is 6. The first kappa shape index (κ1) is 15.1. The van der Waals surface area contributed by atoms with Crippen LogP contribution in [0.5, 0.6) is 0 Å². The monoisotopic (exact) mass is 287 g/mol. The zero-order valence-electron chi connectivity index (χ0n) is 12.4. The Bertz CT molecular complexity index is 633. The summed E-state index contributed by atoms with van der Waals surface area (Å²) in [6.45, 7) is 6.52. The van der Waals surface area contributed by atoms with Crippen LogP contribution in [-0.4, -0.2) is 27.4 Å². The minimum Gasteiger partial charge on any atom is -0.409 e. The Kier molecular flexibility index (Phi) is 4.94. The third kappa shape index (κ3) is 4.06. The number of hydrogen-bond donors (Lipinski definition) is 3. The summed E-state index contributed by atoms with van der Waals surface area (Å²) in [5.74, 6) is 0.131. The fraction of sp³-hybridized carbons (Fsp3) is 0.333. The molecular weight excluding hydrogens is 266 g/mol. The number of oxime groups is 1. The zero-order chi connectivity index (χ0) is 15.2. The van der Waals surface area contributed by atoms with Gasteiger partial charge in [0.2, 0.25) is 0 Å². The van der Waals surface area contributed by atoms with Gasteiger partial charge in [0.25, 0.3) is 0 Å². The maximum atomic E-state index is 8.67. The number of amidine groups is 1. The van der Waals surface area contributed by atoms with E-state index in [2.05, 4.69) is 15.6 Å². The van der Waals surface area contributed by atoms with Crippen LogP contribution >= 0.6 is 0 Å². The van der Waals surface area contributed by atoms with Crippen LogP contribution in [0.15, 0.2) is 35.7 Å². The van der Waals surface area contributed by atoms with Gasteiger partial charge in [-0.05, 0) is 36.6 Å². The molecule has 0 atom stereocenters. The predicted molar refractivity (Wildman–Crippen MR) is 82.4 cm³/mol. The summed E-state index contributed by atoms with van der Waals surface area (Å²) in [5.41, 5.74) is 9.78. The molecule has 2 rings (SSSR count). The number of nitrogens with one attached hydrogen (secondary N) is 1. The number of aryl methyl sites for hydroxylation is 2. The van der Waals surface area contributed by atoms with E-state index in [1.165, 1.54) is 11.1 Å². The van der Waals surface area contributed by atoms with E-state index in [9.17, 15) is 0 Å². The molecule has 0 aliphatic rings. The fourth-order valence-electron chi connectivity index (χ4n) is 2.12. The molecule has 6 heteroatoms. The van der Waals surface area contributed by atoms with Crippen molar-refractivity contribution in [1.29, 1.82) is 0 Å². The van der Waals surface area contributed by atoms with Gasteiger partial charge in [0.1, 0.15) is 0 Å². The molecule has 0 amide bonds. The van der Waals surface area contributed by atoms with Gasteiger partial charge < -0.3 is 16.3 Å². The van der Waals surface area contributed by atoms with Crippen molar-refractivity contribution in [3.05, 3.63) is 52.8 Å². The molecule has 4 N–H and O–H groups in total. The largest absolute Gasteiger partial charge is 0.409 e. The lowest BCUT2D eigenvalue weighted by atomic mass is 10.0. The molecule has 0 spiro atoms. The quantitative estimate of drug-likeness (QED) is 0.246. The maximum Gasteiger partial charge on any atom is 0.170 e. The molecule has 0 bridgehead atoms. The summed E-state index contributed by atoms with van der Waals surface area (Å²) < 4.78 is 1.93. The van der Waals surface area contributed by atoms with Crippen LogP contribution < -0.4 is 11.1 Å². The molecule has 1 aromatic heterocycles. The van der Waals surface area contributed by atoms with E-state index in [4.69, 9.17) is 10.9 Å². The summed E-state index contributed by atoms with van der Waals surface area (Å²) in [4.78, 5) is 0. The SMILES string of the molecule is Cc1cnn(CCNCc2ccc(/C(N)=N/O)cc2C)c1. The molecule has 0 aliphatic heterocycles. The normalized spacial score (nSPS) is 11.8. The highest BCUT2D eigenvalue weighted by Gasteiger charge is 2.03. The smallest absolute Gasteiger partial charge is 0.170 e. The lowest BCUT2D eigenvalue weighted by Gasteiger charge is -2.09. The van der Waals surface area contributed by atoms with E-state index < -0.39 is 0 Å². The van der Waals surface area contributed by atoms with Crippen molar-refractivity contribution >= 4 is 5.84 Å². The van der Waals surface area contributed by atoms with Gasteiger partial charge in [0, 0.05) is 24.8 Å². The Morgan fingerprint density at radius 3 is 2.86 bits per heavy atom. The Labute approximate surface area is 124 Å². The van der Waals surface area contributed by atoms with E-state index in [-0.39, 0.29) is 5.84 Å². The highest BCUT2D eigenvalue weighted by molar-refractivity contribution is 5.97. The molecule has 6 nitrogen and oxygen atoms in total. The molecule has 0 radical (unpaired) electrons. The minimum absolute atomic E-state index is 0.131. The van der Waals surface area contributed by atoms with Crippen molar-refractivity contribution in [2.24, 2.45) is 10.9 Å². The number of nitrogens with two attached hydrogens (primary N) is 1. The molecule has 21 heavy (non-hydrogen) atoms.